The Morgan fingerprint density at radius 2 is 1.94 bits per heavy atom. The number of aromatic nitrogens is 1. The number of benzene rings is 1. The van der Waals surface area contributed by atoms with Crippen LogP contribution in [0, 0.1) is 0 Å². The number of aliphatic hydroxyl groups is 1. The van der Waals surface area contributed by atoms with E-state index in [1.165, 1.54) is 10.6 Å². The van der Waals surface area contributed by atoms with Crippen molar-refractivity contribution in [2.24, 2.45) is 0 Å². The van der Waals surface area contributed by atoms with Gasteiger partial charge < -0.3 is 9.67 Å². The van der Waals surface area contributed by atoms with Crippen LogP contribution in [0.3, 0.4) is 0 Å². The highest BCUT2D eigenvalue weighted by atomic mass is 79.9. The summed E-state index contributed by atoms with van der Waals surface area (Å²) in [5, 5.41) is 8.90. The maximum atomic E-state index is 11.6. The van der Waals surface area contributed by atoms with E-state index >= 15 is 0 Å². The van der Waals surface area contributed by atoms with Crippen molar-refractivity contribution in [2.45, 2.75) is 6.54 Å². The molecule has 2 rings (SSSR count). The van der Waals surface area contributed by atoms with Crippen molar-refractivity contribution in [2.75, 3.05) is 6.61 Å². The second-order valence-corrected chi connectivity index (χ2v) is 4.51. The van der Waals surface area contributed by atoms with Gasteiger partial charge in [0.15, 0.2) is 0 Å². The molecule has 0 saturated carbocycles. The van der Waals surface area contributed by atoms with Gasteiger partial charge in [-0.2, -0.15) is 0 Å². The minimum absolute atomic E-state index is 0.0459. The average molecular weight is 294 g/mol. The Kier molecular flexibility index (Phi) is 3.76. The Morgan fingerprint density at radius 3 is 2.59 bits per heavy atom. The second kappa shape index (κ2) is 5.29. The quantitative estimate of drug-likeness (QED) is 0.943. The van der Waals surface area contributed by atoms with Gasteiger partial charge in [-0.05, 0) is 21.5 Å². The molecule has 0 unspecified atom stereocenters. The first-order valence-corrected chi connectivity index (χ1v) is 6.08. The zero-order valence-electron chi connectivity index (χ0n) is 9.14. The van der Waals surface area contributed by atoms with Crippen molar-refractivity contribution < 1.29 is 5.11 Å². The summed E-state index contributed by atoms with van der Waals surface area (Å²) in [5.41, 5.74) is 1.86. The van der Waals surface area contributed by atoms with Crippen LogP contribution in [0.2, 0.25) is 0 Å². The number of nitrogens with zero attached hydrogens (tertiary/aromatic N) is 1. The normalized spacial score (nSPS) is 10.5. The average Bonchev–Trinajstić information content (AvgIpc) is 2.34. The first-order chi connectivity index (χ1) is 8.22. The Balaban J connectivity index is 2.55. The third-order valence-electron chi connectivity index (χ3n) is 2.50. The molecular weight excluding hydrogens is 282 g/mol. The summed E-state index contributed by atoms with van der Waals surface area (Å²) in [5.74, 6) is 0. The van der Waals surface area contributed by atoms with Crippen molar-refractivity contribution in [3.05, 3.63) is 57.4 Å². The molecule has 0 radical (unpaired) electrons. The Morgan fingerprint density at radius 1 is 1.24 bits per heavy atom. The molecule has 1 N–H and O–H groups in total. The first-order valence-electron chi connectivity index (χ1n) is 5.28. The molecule has 0 amide bonds. The van der Waals surface area contributed by atoms with Crippen LogP contribution in [0.15, 0.2) is 51.9 Å². The van der Waals surface area contributed by atoms with Crippen LogP contribution in [-0.4, -0.2) is 16.3 Å². The summed E-state index contributed by atoms with van der Waals surface area (Å²) in [6, 6.07) is 11.3. The molecule has 3 nitrogen and oxygen atoms in total. The summed E-state index contributed by atoms with van der Waals surface area (Å²) in [4.78, 5) is 11.6. The molecule has 1 aromatic carbocycles. The minimum Gasteiger partial charge on any atom is -0.395 e. The molecule has 17 heavy (non-hydrogen) atoms. The van der Waals surface area contributed by atoms with Crippen molar-refractivity contribution in [1.82, 2.24) is 4.57 Å². The van der Waals surface area contributed by atoms with E-state index in [2.05, 4.69) is 15.9 Å². The van der Waals surface area contributed by atoms with Gasteiger partial charge in [-0.25, -0.2) is 0 Å². The van der Waals surface area contributed by atoms with Crippen LogP contribution < -0.4 is 5.56 Å². The summed E-state index contributed by atoms with van der Waals surface area (Å²) >= 11 is 3.39. The van der Waals surface area contributed by atoms with Gasteiger partial charge in [0.05, 0.1) is 6.61 Å². The van der Waals surface area contributed by atoms with Crippen molar-refractivity contribution in [1.29, 1.82) is 0 Å². The molecule has 88 valence electrons. The van der Waals surface area contributed by atoms with Gasteiger partial charge in [-0.15, -0.1) is 0 Å². The van der Waals surface area contributed by atoms with Gasteiger partial charge in [-0.3, -0.25) is 4.79 Å². The molecule has 0 aliphatic heterocycles. The molecular formula is C13H12BrNO2. The second-order valence-electron chi connectivity index (χ2n) is 3.66. The van der Waals surface area contributed by atoms with E-state index < -0.39 is 0 Å². The molecule has 2 aromatic rings. The Hall–Kier alpha value is -1.39. The third kappa shape index (κ3) is 2.65. The van der Waals surface area contributed by atoms with Crippen LogP contribution in [-0.2, 0) is 6.54 Å². The van der Waals surface area contributed by atoms with Crippen LogP contribution in [0.5, 0.6) is 0 Å². The SMILES string of the molecule is O=c1cc(Br)c(-c2ccccc2)cn1CCO. The van der Waals surface area contributed by atoms with Gasteiger partial charge in [0.1, 0.15) is 0 Å². The fourth-order valence-electron chi connectivity index (χ4n) is 1.66. The zero-order valence-corrected chi connectivity index (χ0v) is 10.7. The minimum atomic E-state index is -0.120. The zero-order chi connectivity index (χ0) is 12.3. The van der Waals surface area contributed by atoms with E-state index in [4.69, 9.17) is 5.11 Å². The molecule has 0 spiro atoms. The number of rotatable bonds is 3. The van der Waals surface area contributed by atoms with E-state index in [1.807, 2.05) is 30.3 Å². The largest absolute Gasteiger partial charge is 0.395 e. The molecule has 0 aliphatic rings. The smallest absolute Gasteiger partial charge is 0.251 e. The van der Waals surface area contributed by atoms with E-state index in [1.54, 1.807) is 6.20 Å². The van der Waals surface area contributed by atoms with E-state index in [9.17, 15) is 4.79 Å². The molecule has 4 heteroatoms. The third-order valence-corrected chi connectivity index (χ3v) is 3.16. The van der Waals surface area contributed by atoms with Gasteiger partial charge in [-0.1, -0.05) is 30.3 Å². The van der Waals surface area contributed by atoms with E-state index in [0.29, 0.717) is 6.54 Å². The van der Waals surface area contributed by atoms with E-state index in [0.717, 1.165) is 15.6 Å². The highest BCUT2D eigenvalue weighted by Crippen LogP contribution is 2.26. The molecule has 0 aliphatic carbocycles. The van der Waals surface area contributed by atoms with Crippen LogP contribution >= 0.6 is 15.9 Å². The van der Waals surface area contributed by atoms with Gasteiger partial charge >= 0.3 is 0 Å². The standard InChI is InChI=1S/C13H12BrNO2/c14-12-8-13(17)15(6-7-16)9-11(12)10-4-2-1-3-5-10/h1-5,8-9,16H,6-7H2. The lowest BCUT2D eigenvalue weighted by atomic mass is 10.1. The van der Waals surface area contributed by atoms with Crippen LogP contribution in [0.4, 0.5) is 0 Å². The highest BCUT2D eigenvalue weighted by molar-refractivity contribution is 9.10. The molecule has 1 heterocycles. The van der Waals surface area contributed by atoms with E-state index in [-0.39, 0.29) is 12.2 Å². The fraction of sp³-hybridized carbons (Fsp3) is 0.154. The van der Waals surface area contributed by atoms with Crippen molar-refractivity contribution >= 4 is 15.9 Å². The number of pyridine rings is 1. The lowest BCUT2D eigenvalue weighted by Gasteiger charge is -2.09. The lowest BCUT2D eigenvalue weighted by molar-refractivity contribution is 0.274. The van der Waals surface area contributed by atoms with Gasteiger partial charge in [0.25, 0.3) is 5.56 Å². The molecule has 0 bridgehead atoms. The fourth-order valence-corrected chi connectivity index (χ4v) is 2.19. The topological polar surface area (TPSA) is 42.2 Å². The van der Waals surface area contributed by atoms with Gasteiger partial charge in [0, 0.05) is 28.8 Å². The highest BCUT2D eigenvalue weighted by Gasteiger charge is 2.06. The summed E-state index contributed by atoms with van der Waals surface area (Å²) in [6.45, 7) is 0.266. The predicted octanol–water partition coefficient (Wildman–Crippen LogP) is 2.27. The van der Waals surface area contributed by atoms with Gasteiger partial charge in [0.2, 0.25) is 0 Å². The number of hydrogen-bond acceptors (Lipinski definition) is 2. The predicted molar refractivity (Wildman–Crippen MR) is 70.9 cm³/mol. The summed E-state index contributed by atoms with van der Waals surface area (Å²) in [6.07, 6.45) is 1.76. The molecule has 1 aromatic heterocycles. The first kappa shape index (κ1) is 12.1. The van der Waals surface area contributed by atoms with Crippen LogP contribution in [0.25, 0.3) is 11.1 Å². The van der Waals surface area contributed by atoms with Crippen LogP contribution in [0.1, 0.15) is 0 Å². The lowest BCUT2D eigenvalue weighted by Crippen LogP contribution is -2.20. The number of aliphatic hydroxyl groups excluding tert-OH is 1. The summed E-state index contributed by atoms with van der Waals surface area (Å²) in [7, 11) is 0. The molecule has 0 saturated heterocycles. The van der Waals surface area contributed by atoms with Crippen molar-refractivity contribution in [3.63, 3.8) is 0 Å². The summed E-state index contributed by atoms with van der Waals surface area (Å²) < 4.78 is 2.27. The Bertz CT molecular complexity index is 563. The maximum Gasteiger partial charge on any atom is 0.251 e. The Labute approximate surface area is 107 Å². The maximum absolute atomic E-state index is 11.6. The number of hydrogen-bond donors (Lipinski definition) is 1. The molecule has 0 atom stereocenters. The number of halogens is 1. The van der Waals surface area contributed by atoms with Crippen molar-refractivity contribution in [3.8, 4) is 11.1 Å². The molecule has 0 fully saturated rings. The monoisotopic (exact) mass is 293 g/mol.